The van der Waals surface area contributed by atoms with E-state index in [4.69, 9.17) is 2.74 Å². The highest BCUT2D eigenvalue weighted by atomic mass is 16.1. The van der Waals surface area contributed by atoms with Crippen molar-refractivity contribution in [1.29, 1.82) is 0 Å². The van der Waals surface area contributed by atoms with Gasteiger partial charge in [0.05, 0.1) is 6.04 Å². The van der Waals surface area contributed by atoms with Gasteiger partial charge in [0.25, 0.3) is 0 Å². The fourth-order valence-corrected chi connectivity index (χ4v) is 2.50. The Labute approximate surface area is 114 Å². The summed E-state index contributed by atoms with van der Waals surface area (Å²) in [4.78, 5) is 16.3. The largest absolute Gasteiger partial charge is 0.290 e. The third-order valence-electron chi connectivity index (χ3n) is 3.73. The molecular formula is C15H15N3O. The molecule has 1 aromatic heterocycles. The zero-order valence-corrected chi connectivity index (χ0v) is 10.4. The summed E-state index contributed by atoms with van der Waals surface area (Å²) < 4.78 is 17.9. The zero-order chi connectivity index (χ0) is 14.6. The Morgan fingerprint density at radius 3 is 2.79 bits per heavy atom. The fourth-order valence-electron chi connectivity index (χ4n) is 2.50. The summed E-state index contributed by atoms with van der Waals surface area (Å²) >= 11 is 0. The number of carbonyl (C=O) groups is 1. The van der Waals surface area contributed by atoms with Crippen LogP contribution in [0.4, 0.5) is 0 Å². The lowest BCUT2D eigenvalue weighted by molar-refractivity contribution is 0.0957. The summed E-state index contributed by atoms with van der Waals surface area (Å²) in [7, 11) is 0. The van der Waals surface area contributed by atoms with Crippen LogP contribution in [0.3, 0.4) is 0 Å². The Hall–Kier alpha value is -1.97. The van der Waals surface area contributed by atoms with Crippen LogP contribution in [0.1, 0.15) is 50.1 Å². The topological polar surface area (TPSA) is 47.8 Å². The lowest BCUT2D eigenvalue weighted by Crippen LogP contribution is -2.10. The first-order chi connectivity index (χ1) is 10.1. The number of aryl methyl sites for hydroxylation is 1. The number of aromatic nitrogens is 3. The summed E-state index contributed by atoms with van der Waals surface area (Å²) in [6, 6.07) is 9.51. The molecule has 1 aliphatic heterocycles. The standard InChI is InChI=1S/C15H15N3O/c19-14(11-6-7-11)15-16-13-9-8-12(18(13)17-15)10-4-2-1-3-5-10/h1-5,11-12H,6-9H2/t12-/m0/s1/i9D2. The second kappa shape index (κ2) is 4.02. The van der Waals surface area contributed by atoms with Crippen molar-refractivity contribution in [3.8, 4) is 0 Å². The summed E-state index contributed by atoms with van der Waals surface area (Å²) in [5, 5.41) is 4.32. The van der Waals surface area contributed by atoms with Crippen molar-refractivity contribution in [1.82, 2.24) is 14.8 Å². The first-order valence-electron chi connectivity index (χ1n) is 7.62. The molecule has 4 rings (SSSR count). The van der Waals surface area contributed by atoms with Crippen molar-refractivity contribution in [2.75, 3.05) is 0 Å². The minimum absolute atomic E-state index is 0.0421. The van der Waals surface area contributed by atoms with Crippen LogP contribution in [0, 0.1) is 5.92 Å². The van der Waals surface area contributed by atoms with Crippen LogP contribution in [0.2, 0.25) is 0 Å². The van der Waals surface area contributed by atoms with E-state index in [1.807, 2.05) is 30.3 Å². The third kappa shape index (κ3) is 1.79. The van der Waals surface area contributed by atoms with E-state index in [1.54, 1.807) is 4.68 Å². The van der Waals surface area contributed by atoms with Crippen LogP contribution < -0.4 is 0 Å². The molecule has 1 fully saturated rings. The Morgan fingerprint density at radius 1 is 1.26 bits per heavy atom. The number of ketones is 1. The van der Waals surface area contributed by atoms with E-state index in [1.165, 1.54) is 0 Å². The molecule has 0 N–H and O–H groups in total. The number of hydrogen-bond acceptors (Lipinski definition) is 3. The summed E-state index contributed by atoms with van der Waals surface area (Å²) in [6.07, 6.45) is 0.565. The molecule has 0 bridgehead atoms. The van der Waals surface area contributed by atoms with Crippen LogP contribution in [-0.4, -0.2) is 20.5 Å². The van der Waals surface area contributed by atoms with E-state index >= 15 is 0 Å². The van der Waals surface area contributed by atoms with Gasteiger partial charge >= 0.3 is 0 Å². The molecule has 0 spiro atoms. The number of benzene rings is 1. The number of fused-ring (bicyclic) bond motifs is 1. The summed E-state index contributed by atoms with van der Waals surface area (Å²) in [5.74, 6) is 0.464. The Bertz CT molecular complexity index is 707. The molecule has 2 aliphatic rings. The first-order valence-corrected chi connectivity index (χ1v) is 6.62. The van der Waals surface area contributed by atoms with E-state index < -0.39 is 6.37 Å². The van der Waals surface area contributed by atoms with E-state index in [2.05, 4.69) is 10.1 Å². The Balaban J connectivity index is 1.77. The smallest absolute Gasteiger partial charge is 0.217 e. The van der Waals surface area contributed by atoms with Gasteiger partial charge in [-0.25, -0.2) is 9.67 Å². The minimum Gasteiger partial charge on any atom is -0.290 e. The first kappa shape index (κ1) is 9.02. The monoisotopic (exact) mass is 255 g/mol. The fraction of sp³-hybridized carbons (Fsp3) is 0.400. The molecule has 0 unspecified atom stereocenters. The van der Waals surface area contributed by atoms with Crippen molar-refractivity contribution < 1.29 is 7.54 Å². The molecule has 0 saturated heterocycles. The highest BCUT2D eigenvalue weighted by Crippen LogP contribution is 2.34. The number of nitrogens with zero attached hydrogens (tertiary/aromatic N) is 3. The molecule has 2 heterocycles. The van der Waals surface area contributed by atoms with Gasteiger partial charge in [0.1, 0.15) is 5.82 Å². The van der Waals surface area contributed by atoms with Gasteiger partial charge < -0.3 is 0 Å². The molecule has 4 nitrogen and oxygen atoms in total. The molecule has 1 atom stereocenters. The van der Waals surface area contributed by atoms with Crippen molar-refractivity contribution in [2.45, 2.75) is 31.7 Å². The van der Waals surface area contributed by atoms with E-state index in [0.717, 1.165) is 18.4 Å². The highest BCUT2D eigenvalue weighted by Gasteiger charge is 2.35. The average Bonchev–Trinajstić information content (AvgIpc) is 3.17. The molecule has 1 saturated carbocycles. The molecule has 19 heavy (non-hydrogen) atoms. The van der Waals surface area contributed by atoms with E-state index in [-0.39, 0.29) is 29.4 Å². The molecule has 4 heteroatoms. The van der Waals surface area contributed by atoms with Gasteiger partial charge in [0.2, 0.25) is 11.6 Å². The molecule has 0 amide bonds. The van der Waals surface area contributed by atoms with Gasteiger partial charge in [0, 0.05) is 15.0 Å². The van der Waals surface area contributed by atoms with Crippen LogP contribution in [0.5, 0.6) is 0 Å². The Morgan fingerprint density at radius 2 is 2.05 bits per heavy atom. The van der Waals surface area contributed by atoms with Crippen LogP contribution in [0.15, 0.2) is 30.3 Å². The van der Waals surface area contributed by atoms with Crippen LogP contribution >= 0.6 is 0 Å². The Kier molecular flexibility index (Phi) is 1.91. The molecule has 2 aromatic rings. The second-order valence-electron chi connectivity index (χ2n) is 5.15. The maximum Gasteiger partial charge on any atom is 0.217 e. The molecule has 1 aromatic carbocycles. The number of carbonyl (C=O) groups excluding carboxylic acids is 1. The van der Waals surface area contributed by atoms with E-state index in [9.17, 15) is 4.79 Å². The molecule has 96 valence electrons. The van der Waals surface area contributed by atoms with Gasteiger partial charge in [-0.2, -0.15) is 0 Å². The predicted molar refractivity (Wildman–Crippen MR) is 70.0 cm³/mol. The molecule has 1 aliphatic carbocycles. The van der Waals surface area contributed by atoms with Gasteiger partial charge in [-0.15, -0.1) is 5.10 Å². The maximum atomic E-state index is 12.1. The number of Topliss-reactive ketones (excluding diaryl/α,β-unsaturated/α-hetero) is 1. The summed E-state index contributed by atoms with van der Waals surface area (Å²) in [5.41, 5.74) is 0.996. The van der Waals surface area contributed by atoms with Gasteiger partial charge in [-0.1, -0.05) is 30.3 Å². The quantitative estimate of drug-likeness (QED) is 0.791. The van der Waals surface area contributed by atoms with Crippen LogP contribution in [-0.2, 0) is 6.37 Å². The lowest BCUT2D eigenvalue weighted by atomic mass is 10.1. The highest BCUT2D eigenvalue weighted by molar-refractivity contribution is 5.95. The van der Waals surface area contributed by atoms with Crippen molar-refractivity contribution >= 4 is 5.78 Å². The minimum atomic E-state index is -1.55. The molecule has 0 radical (unpaired) electrons. The van der Waals surface area contributed by atoms with Crippen LogP contribution in [0.25, 0.3) is 0 Å². The third-order valence-corrected chi connectivity index (χ3v) is 3.73. The SMILES string of the molecule is [2H]C1([2H])C[C@@H](c2ccccc2)n2nc(C(=O)C3CC3)nc21. The van der Waals surface area contributed by atoms with Crippen molar-refractivity contribution in [3.63, 3.8) is 0 Å². The van der Waals surface area contributed by atoms with Gasteiger partial charge in [-0.05, 0) is 24.8 Å². The number of rotatable bonds is 3. The zero-order valence-electron chi connectivity index (χ0n) is 12.4. The maximum absolute atomic E-state index is 12.1. The second-order valence-corrected chi connectivity index (χ2v) is 5.15. The van der Waals surface area contributed by atoms with Crippen molar-refractivity contribution in [3.05, 3.63) is 47.5 Å². The summed E-state index contributed by atoms with van der Waals surface area (Å²) in [6.45, 7) is 0. The number of hydrogen-bond donors (Lipinski definition) is 0. The van der Waals surface area contributed by atoms with E-state index in [0.29, 0.717) is 6.42 Å². The van der Waals surface area contributed by atoms with Gasteiger partial charge in [0.15, 0.2) is 0 Å². The van der Waals surface area contributed by atoms with Crippen molar-refractivity contribution in [2.24, 2.45) is 5.92 Å². The lowest BCUT2D eigenvalue weighted by Gasteiger charge is -2.11. The predicted octanol–water partition coefficient (Wildman–Crippen LogP) is 2.41. The average molecular weight is 255 g/mol. The normalized spacial score (nSPS) is 25.6. The molecular weight excluding hydrogens is 238 g/mol. The van der Waals surface area contributed by atoms with Gasteiger partial charge in [-0.3, -0.25) is 4.79 Å².